The summed E-state index contributed by atoms with van der Waals surface area (Å²) in [6.07, 6.45) is 2.88. The van der Waals surface area contributed by atoms with Crippen molar-refractivity contribution >= 4 is 0 Å². The molecule has 112 valence electrons. The summed E-state index contributed by atoms with van der Waals surface area (Å²) < 4.78 is 10.7. The van der Waals surface area contributed by atoms with Crippen molar-refractivity contribution in [3.63, 3.8) is 0 Å². The Morgan fingerprint density at radius 3 is 3.10 bits per heavy atom. The number of nitrogens with one attached hydrogen (secondary N) is 1. The second kappa shape index (κ2) is 5.85. The van der Waals surface area contributed by atoms with Gasteiger partial charge in [0.05, 0.1) is 12.5 Å². The lowest BCUT2D eigenvalue weighted by Gasteiger charge is -2.30. The first-order valence-electron chi connectivity index (χ1n) is 7.36. The second-order valence-corrected chi connectivity index (χ2v) is 5.89. The van der Waals surface area contributed by atoms with Gasteiger partial charge < -0.3 is 14.6 Å². The number of aromatic nitrogens is 2. The summed E-state index contributed by atoms with van der Waals surface area (Å²) in [6.45, 7) is 4.15. The van der Waals surface area contributed by atoms with Crippen molar-refractivity contribution in [2.45, 2.75) is 31.6 Å². The molecule has 0 aliphatic carbocycles. The van der Waals surface area contributed by atoms with Crippen molar-refractivity contribution in [3.05, 3.63) is 41.5 Å². The molecule has 1 unspecified atom stereocenters. The van der Waals surface area contributed by atoms with Gasteiger partial charge in [-0.15, -0.1) is 0 Å². The largest absolute Gasteiger partial charge is 0.497 e. The lowest BCUT2D eigenvalue weighted by molar-refractivity contribution is 0.245. The van der Waals surface area contributed by atoms with Gasteiger partial charge in [-0.05, 0) is 44.0 Å². The topological polar surface area (TPSA) is 60.2 Å². The normalized spacial score (nSPS) is 22.2. The van der Waals surface area contributed by atoms with Crippen LogP contribution in [0.4, 0.5) is 0 Å². The van der Waals surface area contributed by atoms with Crippen molar-refractivity contribution in [2.75, 3.05) is 20.2 Å². The average molecular weight is 287 g/mol. The Kier molecular flexibility index (Phi) is 3.92. The van der Waals surface area contributed by atoms with Crippen molar-refractivity contribution in [2.24, 2.45) is 0 Å². The molecule has 3 rings (SSSR count). The van der Waals surface area contributed by atoms with Crippen LogP contribution in [0.3, 0.4) is 0 Å². The fraction of sp³-hybridized carbons (Fsp3) is 0.500. The molecule has 0 saturated carbocycles. The van der Waals surface area contributed by atoms with Crippen LogP contribution >= 0.6 is 0 Å². The van der Waals surface area contributed by atoms with Gasteiger partial charge in [-0.2, -0.15) is 4.98 Å². The lowest BCUT2D eigenvalue weighted by atomic mass is 9.83. The van der Waals surface area contributed by atoms with Crippen molar-refractivity contribution in [3.8, 4) is 5.75 Å². The molecule has 0 bridgehead atoms. The zero-order valence-corrected chi connectivity index (χ0v) is 12.6. The zero-order chi connectivity index (χ0) is 14.7. The molecule has 1 aliphatic rings. The molecule has 5 nitrogen and oxygen atoms in total. The molecule has 1 fully saturated rings. The van der Waals surface area contributed by atoms with E-state index in [0.717, 1.165) is 49.0 Å². The maximum atomic E-state index is 5.50. The van der Waals surface area contributed by atoms with Gasteiger partial charge in [0.2, 0.25) is 5.89 Å². The van der Waals surface area contributed by atoms with E-state index in [1.165, 1.54) is 0 Å². The molecular formula is C16H21N3O2. The van der Waals surface area contributed by atoms with Crippen molar-refractivity contribution in [1.29, 1.82) is 0 Å². The van der Waals surface area contributed by atoms with Crippen LogP contribution in [0.2, 0.25) is 0 Å². The lowest BCUT2D eigenvalue weighted by Crippen LogP contribution is -2.41. The van der Waals surface area contributed by atoms with Crippen LogP contribution in [0.25, 0.3) is 0 Å². The van der Waals surface area contributed by atoms with Gasteiger partial charge in [0.25, 0.3) is 0 Å². The molecular weight excluding hydrogens is 266 g/mol. The molecule has 1 aromatic carbocycles. The highest BCUT2D eigenvalue weighted by Crippen LogP contribution is 2.29. The maximum absolute atomic E-state index is 5.50. The molecule has 5 heteroatoms. The van der Waals surface area contributed by atoms with Crippen LogP contribution in [0, 0.1) is 0 Å². The number of rotatable bonds is 4. The molecule has 1 aromatic heterocycles. The van der Waals surface area contributed by atoms with Crippen LogP contribution in [-0.4, -0.2) is 30.3 Å². The quantitative estimate of drug-likeness (QED) is 0.935. The smallest absolute Gasteiger partial charge is 0.233 e. The number of methoxy groups -OCH3 is 1. The molecule has 0 amide bonds. The van der Waals surface area contributed by atoms with E-state index < -0.39 is 0 Å². The molecule has 2 heterocycles. The molecule has 1 N–H and O–H groups in total. The summed E-state index contributed by atoms with van der Waals surface area (Å²) >= 11 is 0. The van der Waals surface area contributed by atoms with Gasteiger partial charge in [-0.3, -0.25) is 0 Å². The molecule has 1 atom stereocenters. The Morgan fingerprint density at radius 1 is 1.43 bits per heavy atom. The fourth-order valence-electron chi connectivity index (χ4n) is 2.77. The average Bonchev–Trinajstić information content (AvgIpc) is 2.97. The van der Waals surface area contributed by atoms with E-state index in [0.29, 0.717) is 6.42 Å². The standard InChI is InChI=1S/C16H21N3O2/c1-16(7-4-8-17-11-16)15-18-14(19-21-15)10-12-5-3-6-13(9-12)20-2/h3,5-6,9,17H,4,7-8,10-11H2,1-2H3. The minimum Gasteiger partial charge on any atom is -0.497 e. The van der Waals surface area contributed by atoms with Gasteiger partial charge in [-0.1, -0.05) is 17.3 Å². The van der Waals surface area contributed by atoms with Crippen LogP contribution in [-0.2, 0) is 11.8 Å². The van der Waals surface area contributed by atoms with E-state index in [1.54, 1.807) is 7.11 Å². The van der Waals surface area contributed by atoms with Gasteiger partial charge in [0.15, 0.2) is 5.82 Å². The van der Waals surface area contributed by atoms with Crippen LogP contribution in [0.5, 0.6) is 5.75 Å². The first-order chi connectivity index (χ1) is 10.2. The molecule has 21 heavy (non-hydrogen) atoms. The Hall–Kier alpha value is -1.88. The van der Waals surface area contributed by atoms with E-state index >= 15 is 0 Å². The van der Waals surface area contributed by atoms with E-state index in [1.807, 2.05) is 24.3 Å². The second-order valence-electron chi connectivity index (χ2n) is 5.89. The Bertz CT molecular complexity index is 603. The third kappa shape index (κ3) is 3.08. The van der Waals surface area contributed by atoms with E-state index in [9.17, 15) is 0 Å². The van der Waals surface area contributed by atoms with Gasteiger partial charge in [0.1, 0.15) is 5.75 Å². The third-order valence-corrected chi connectivity index (χ3v) is 4.08. The SMILES string of the molecule is COc1cccc(Cc2noc(C3(C)CCCNC3)n2)c1. The Balaban J connectivity index is 1.75. The predicted molar refractivity (Wildman–Crippen MR) is 79.6 cm³/mol. The number of hydrogen-bond acceptors (Lipinski definition) is 5. The summed E-state index contributed by atoms with van der Waals surface area (Å²) in [5.41, 5.74) is 1.08. The van der Waals surface area contributed by atoms with Gasteiger partial charge >= 0.3 is 0 Å². The summed E-state index contributed by atoms with van der Waals surface area (Å²) in [7, 11) is 1.67. The summed E-state index contributed by atoms with van der Waals surface area (Å²) in [4.78, 5) is 4.60. The zero-order valence-electron chi connectivity index (χ0n) is 12.6. The molecule has 0 spiro atoms. The fourth-order valence-corrected chi connectivity index (χ4v) is 2.77. The summed E-state index contributed by atoms with van der Waals surface area (Å²) in [5.74, 6) is 2.32. The van der Waals surface area contributed by atoms with E-state index in [-0.39, 0.29) is 5.41 Å². The van der Waals surface area contributed by atoms with E-state index in [2.05, 4.69) is 22.4 Å². The molecule has 1 aliphatic heterocycles. The van der Waals surface area contributed by atoms with Gasteiger partial charge in [-0.25, -0.2) is 0 Å². The highest BCUT2D eigenvalue weighted by atomic mass is 16.5. The van der Waals surface area contributed by atoms with Crippen LogP contribution < -0.4 is 10.1 Å². The predicted octanol–water partition coefficient (Wildman–Crippen LogP) is 2.31. The monoisotopic (exact) mass is 287 g/mol. The number of benzene rings is 1. The Labute approximate surface area is 124 Å². The molecule has 1 saturated heterocycles. The summed E-state index contributed by atoms with van der Waals surface area (Å²) in [5, 5.41) is 7.54. The Morgan fingerprint density at radius 2 is 2.33 bits per heavy atom. The number of hydrogen-bond donors (Lipinski definition) is 1. The van der Waals surface area contributed by atoms with Crippen molar-refractivity contribution < 1.29 is 9.26 Å². The number of piperidine rings is 1. The van der Waals surface area contributed by atoms with E-state index in [4.69, 9.17) is 9.26 Å². The number of nitrogens with zero attached hydrogens (tertiary/aromatic N) is 2. The summed E-state index contributed by atoms with van der Waals surface area (Å²) in [6, 6.07) is 7.95. The molecule has 0 radical (unpaired) electrons. The first kappa shape index (κ1) is 14.1. The number of ether oxygens (including phenoxy) is 1. The third-order valence-electron chi connectivity index (χ3n) is 4.08. The first-order valence-corrected chi connectivity index (χ1v) is 7.36. The van der Waals surface area contributed by atoms with Crippen molar-refractivity contribution in [1.82, 2.24) is 15.5 Å². The maximum Gasteiger partial charge on any atom is 0.233 e. The molecule has 2 aromatic rings. The highest BCUT2D eigenvalue weighted by molar-refractivity contribution is 5.30. The highest BCUT2D eigenvalue weighted by Gasteiger charge is 2.34. The van der Waals surface area contributed by atoms with Crippen LogP contribution in [0.15, 0.2) is 28.8 Å². The van der Waals surface area contributed by atoms with Gasteiger partial charge in [0, 0.05) is 13.0 Å². The van der Waals surface area contributed by atoms with Crippen LogP contribution in [0.1, 0.15) is 37.0 Å². The minimum atomic E-state index is -0.0438. The minimum absolute atomic E-state index is 0.0438.